The van der Waals surface area contributed by atoms with Crippen molar-refractivity contribution in [2.75, 3.05) is 35.0 Å². The summed E-state index contributed by atoms with van der Waals surface area (Å²) in [4.78, 5) is 28.4. The Bertz CT molecular complexity index is 832. The molecule has 0 saturated carbocycles. The van der Waals surface area contributed by atoms with Crippen LogP contribution in [-0.2, 0) is 9.59 Å². The highest BCUT2D eigenvalue weighted by molar-refractivity contribution is 8.00. The van der Waals surface area contributed by atoms with Gasteiger partial charge in [0.1, 0.15) is 5.37 Å². The van der Waals surface area contributed by atoms with E-state index in [1.165, 1.54) is 0 Å². The molecule has 0 unspecified atom stereocenters. The van der Waals surface area contributed by atoms with E-state index in [2.05, 4.69) is 5.32 Å². The van der Waals surface area contributed by atoms with Crippen LogP contribution in [0.25, 0.3) is 0 Å². The molecule has 1 atom stereocenters. The molecule has 2 aromatic rings. The minimum atomic E-state index is -0.0573. The summed E-state index contributed by atoms with van der Waals surface area (Å²) in [5.74, 6) is 0.929. The first-order valence-corrected chi connectivity index (χ1v) is 10.5. The van der Waals surface area contributed by atoms with E-state index in [1.807, 2.05) is 86.3 Å². The molecule has 5 nitrogen and oxygen atoms in total. The molecule has 1 aliphatic rings. The Hall–Kier alpha value is -2.47. The first-order chi connectivity index (χ1) is 13.3. The lowest BCUT2D eigenvalue weighted by Crippen LogP contribution is -2.27. The molecule has 1 N–H and O–H groups in total. The van der Waals surface area contributed by atoms with Gasteiger partial charge in [-0.2, -0.15) is 0 Å². The van der Waals surface area contributed by atoms with E-state index < -0.39 is 0 Å². The highest BCUT2D eigenvalue weighted by Gasteiger charge is 2.34. The van der Waals surface area contributed by atoms with Crippen LogP contribution < -0.4 is 15.1 Å². The van der Waals surface area contributed by atoms with E-state index in [4.69, 9.17) is 0 Å². The van der Waals surface area contributed by atoms with Crippen LogP contribution in [-0.4, -0.2) is 31.7 Å². The van der Waals surface area contributed by atoms with Crippen molar-refractivity contribution in [3.8, 4) is 0 Å². The third-order valence-corrected chi connectivity index (χ3v) is 5.80. The lowest BCUT2D eigenvalue weighted by molar-refractivity contribution is -0.117. The van der Waals surface area contributed by atoms with Gasteiger partial charge in [0.05, 0.1) is 5.75 Å². The van der Waals surface area contributed by atoms with Crippen LogP contribution in [0.15, 0.2) is 48.5 Å². The lowest BCUT2D eigenvalue weighted by atomic mass is 10.1. The molecule has 0 aliphatic carbocycles. The third kappa shape index (κ3) is 4.68. The maximum absolute atomic E-state index is 12.5. The first-order valence-electron chi connectivity index (χ1n) is 9.46. The van der Waals surface area contributed by atoms with Crippen LogP contribution in [0.1, 0.15) is 31.2 Å². The third-order valence-electron chi connectivity index (χ3n) is 4.59. The Morgan fingerprint density at radius 1 is 1.14 bits per heavy atom. The van der Waals surface area contributed by atoms with Crippen molar-refractivity contribution in [3.05, 3.63) is 54.1 Å². The van der Waals surface area contributed by atoms with Gasteiger partial charge in [-0.25, -0.2) is 0 Å². The lowest BCUT2D eigenvalue weighted by Gasteiger charge is -2.25. The SMILES string of the molecule is CC(C)CC(=O)Nc1ccc([C@H]2SCC(=O)N2c2ccc(N(C)C)cc2)cc1. The van der Waals surface area contributed by atoms with E-state index in [-0.39, 0.29) is 17.2 Å². The molecular weight excluding hydrogens is 370 g/mol. The molecule has 1 saturated heterocycles. The highest BCUT2D eigenvalue weighted by atomic mass is 32.2. The molecule has 2 amide bonds. The molecule has 1 aliphatic heterocycles. The Morgan fingerprint density at radius 3 is 2.36 bits per heavy atom. The number of anilines is 3. The molecule has 0 bridgehead atoms. The number of thioether (sulfide) groups is 1. The second-order valence-corrected chi connectivity index (χ2v) is 8.67. The fourth-order valence-corrected chi connectivity index (χ4v) is 4.35. The number of carbonyl (C=O) groups excluding carboxylic acids is 2. The molecule has 3 rings (SSSR count). The van der Waals surface area contributed by atoms with Crippen molar-refractivity contribution in [2.24, 2.45) is 5.92 Å². The predicted octanol–water partition coefficient (Wildman–Crippen LogP) is 4.52. The van der Waals surface area contributed by atoms with Crippen LogP contribution in [0.2, 0.25) is 0 Å². The Balaban J connectivity index is 1.76. The number of rotatable bonds is 6. The van der Waals surface area contributed by atoms with Crippen molar-refractivity contribution in [1.82, 2.24) is 0 Å². The summed E-state index contributed by atoms with van der Waals surface area (Å²) in [5, 5.41) is 2.87. The Labute approximate surface area is 171 Å². The van der Waals surface area contributed by atoms with E-state index in [0.717, 1.165) is 22.6 Å². The summed E-state index contributed by atoms with van der Waals surface area (Å²) in [6, 6.07) is 15.8. The topological polar surface area (TPSA) is 52.7 Å². The van der Waals surface area contributed by atoms with Crippen LogP contribution in [0, 0.1) is 5.92 Å². The molecule has 0 spiro atoms. The van der Waals surface area contributed by atoms with Gasteiger partial charge < -0.3 is 10.2 Å². The number of benzene rings is 2. The molecule has 1 heterocycles. The zero-order chi connectivity index (χ0) is 20.3. The van der Waals surface area contributed by atoms with Crippen molar-refractivity contribution in [3.63, 3.8) is 0 Å². The summed E-state index contributed by atoms with van der Waals surface area (Å²) < 4.78 is 0. The minimum absolute atomic E-state index is 0.0239. The molecule has 0 radical (unpaired) electrons. The molecule has 0 aromatic heterocycles. The molecule has 1 fully saturated rings. The fourth-order valence-electron chi connectivity index (χ4n) is 3.18. The van der Waals surface area contributed by atoms with Gasteiger partial charge >= 0.3 is 0 Å². The van der Waals surface area contributed by atoms with Gasteiger partial charge in [0, 0.05) is 37.6 Å². The van der Waals surface area contributed by atoms with Crippen molar-refractivity contribution in [1.29, 1.82) is 0 Å². The summed E-state index contributed by atoms with van der Waals surface area (Å²) in [6.45, 7) is 4.05. The van der Waals surface area contributed by atoms with E-state index >= 15 is 0 Å². The van der Waals surface area contributed by atoms with Gasteiger partial charge in [-0.15, -0.1) is 11.8 Å². The van der Waals surface area contributed by atoms with Gasteiger partial charge in [-0.05, 0) is 47.9 Å². The number of nitrogens with one attached hydrogen (secondary N) is 1. The van der Waals surface area contributed by atoms with Crippen molar-refractivity contribution < 1.29 is 9.59 Å². The quantitative estimate of drug-likeness (QED) is 0.779. The molecule has 148 valence electrons. The maximum atomic E-state index is 12.5. The zero-order valence-electron chi connectivity index (χ0n) is 16.8. The minimum Gasteiger partial charge on any atom is -0.378 e. The van der Waals surface area contributed by atoms with Gasteiger partial charge in [-0.1, -0.05) is 26.0 Å². The average molecular weight is 398 g/mol. The van der Waals surface area contributed by atoms with Crippen LogP contribution in [0.3, 0.4) is 0 Å². The van der Waals surface area contributed by atoms with Crippen LogP contribution >= 0.6 is 11.8 Å². The summed E-state index contributed by atoms with van der Waals surface area (Å²) in [6.07, 6.45) is 0.505. The number of hydrogen-bond donors (Lipinski definition) is 1. The average Bonchev–Trinajstić information content (AvgIpc) is 3.03. The zero-order valence-corrected chi connectivity index (χ0v) is 17.6. The van der Waals surface area contributed by atoms with Gasteiger partial charge in [0.25, 0.3) is 0 Å². The Morgan fingerprint density at radius 2 is 1.79 bits per heavy atom. The van der Waals surface area contributed by atoms with Crippen molar-refractivity contribution in [2.45, 2.75) is 25.6 Å². The number of nitrogens with zero attached hydrogens (tertiary/aromatic N) is 2. The van der Waals surface area contributed by atoms with Crippen LogP contribution in [0.4, 0.5) is 17.1 Å². The second-order valence-electron chi connectivity index (χ2n) is 7.61. The monoisotopic (exact) mass is 397 g/mol. The first kappa shape index (κ1) is 20.3. The van der Waals surface area contributed by atoms with Gasteiger partial charge in [0.15, 0.2) is 0 Å². The van der Waals surface area contributed by atoms with Gasteiger partial charge in [-0.3, -0.25) is 14.5 Å². The predicted molar refractivity (Wildman–Crippen MR) is 118 cm³/mol. The summed E-state index contributed by atoms with van der Waals surface area (Å²) in [5.41, 5.74) is 3.83. The standard InChI is InChI=1S/C22H27N3O2S/c1-15(2)13-20(26)23-17-7-5-16(6-8-17)22-25(21(27)14-28-22)19-11-9-18(10-12-19)24(3)4/h5-12,15,22H,13-14H2,1-4H3,(H,23,26)/t22-/m1/s1. The fraction of sp³-hybridized carbons (Fsp3) is 0.364. The number of hydrogen-bond acceptors (Lipinski definition) is 4. The van der Waals surface area contributed by atoms with Gasteiger partial charge in [0.2, 0.25) is 11.8 Å². The number of amides is 2. The van der Waals surface area contributed by atoms with E-state index in [0.29, 0.717) is 18.1 Å². The molecule has 6 heteroatoms. The van der Waals surface area contributed by atoms with Crippen molar-refractivity contribution >= 4 is 40.6 Å². The molecule has 28 heavy (non-hydrogen) atoms. The maximum Gasteiger partial charge on any atom is 0.238 e. The largest absolute Gasteiger partial charge is 0.378 e. The smallest absolute Gasteiger partial charge is 0.238 e. The molecular formula is C22H27N3O2S. The second kappa shape index (κ2) is 8.69. The highest BCUT2D eigenvalue weighted by Crippen LogP contribution is 2.42. The summed E-state index contributed by atoms with van der Waals surface area (Å²) >= 11 is 1.62. The van der Waals surface area contributed by atoms with Crippen LogP contribution in [0.5, 0.6) is 0 Å². The Kier molecular flexibility index (Phi) is 6.29. The van der Waals surface area contributed by atoms with E-state index in [9.17, 15) is 9.59 Å². The molecule has 2 aromatic carbocycles. The summed E-state index contributed by atoms with van der Waals surface area (Å²) in [7, 11) is 3.99. The normalized spacial score (nSPS) is 16.5. The number of carbonyl (C=O) groups is 2. The van der Waals surface area contributed by atoms with E-state index in [1.54, 1.807) is 11.8 Å².